The van der Waals surface area contributed by atoms with Crippen LogP contribution in [0.25, 0.3) is 0 Å². The molecule has 2 rings (SSSR count). The average molecular weight is 470 g/mol. The van der Waals surface area contributed by atoms with E-state index in [1.54, 1.807) is 12.1 Å². The van der Waals surface area contributed by atoms with E-state index < -0.39 is 20.0 Å². The standard InChI is InChI=1S/C24H31F3NO3P/c1-19-9-11-20(12-10-19)7-4-2-3-5-8-22-14-13-21(17-23(22)24(25,26)27)18-28-15-6-16-31-32(29)30/h9-14,17,28H,2-8,15-16,18H2,1H3/p+1. The van der Waals surface area contributed by atoms with Crippen LogP contribution in [0.15, 0.2) is 42.5 Å². The van der Waals surface area contributed by atoms with Gasteiger partial charge in [-0.2, -0.15) is 13.2 Å². The molecule has 0 aliphatic rings. The lowest BCUT2D eigenvalue weighted by Crippen LogP contribution is -2.17. The van der Waals surface area contributed by atoms with E-state index in [4.69, 9.17) is 4.89 Å². The molecule has 0 bridgehead atoms. The number of rotatable bonds is 14. The lowest BCUT2D eigenvalue weighted by molar-refractivity contribution is -0.138. The third kappa shape index (κ3) is 10.2. The normalized spacial score (nSPS) is 12.2. The molecule has 8 heteroatoms. The molecule has 176 valence electrons. The number of alkyl halides is 3. The van der Waals surface area contributed by atoms with Gasteiger partial charge in [-0.1, -0.05) is 54.8 Å². The Morgan fingerprint density at radius 1 is 0.938 bits per heavy atom. The SMILES string of the molecule is Cc1ccc(CCCCCCc2ccc(CNCCCO[P+](=O)O)cc2C(F)(F)F)cc1. The molecule has 0 heterocycles. The minimum Gasteiger partial charge on any atom is -0.313 e. The second-order valence-corrected chi connectivity index (χ2v) is 8.72. The molecule has 0 saturated carbocycles. The summed E-state index contributed by atoms with van der Waals surface area (Å²) >= 11 is 0. The maximum atomic E-state index is 13.6. The third-order valence-corrected chi connectivity index (χ3v) is 5.69. The van der Waals surface area contributed by atoms with Gasteiger partial charge in [-0.05, 0) is 68.3 Å². The molecular formula is C24H32F3NO3P+. The molecule has 2 N–H and O–H groups in total. The van der Waals surface area contributed by atoms with Gasteiger partial charge in [0.25, 0.3) is 0 Å². The van der Waals surface area contributed by atoms with E-state index in [2.05, 4.69) is 41.0 Å². The summed E-state index contributed by atoms with van der Waals surface area (Å²) in [4.78, 5) is 8.54. The fourth-order valence-electron chi connectivity index (χ4n) is 3.54. The largest absolute Gasteiger partial charge is 0.694 e. The molecule has 1 atom stereocenters. The number of unbranched alkanes of at least 4 members (excludes halogenated alkanes) is 3. The van der Waals surface area contributed by atoms with Gasteiger partial charge >= 0.3 is 14.4 Å². The van der Waals surface area contributed by atoms with Crippen LogP contribution in [0.5, 0.6) is 0 Å². The molecule has 0 radical (unpaired) electrons. The van der Waals surface area contributed by atoms with Gasteiger partial charge in [0, 0.05) is 11.1 Å². The van der Waals surface area contributed by atoms with E-state index in [1.165, 1.54) is 17.2 Å². The number of hydrogen-bond donors (Lipinski definition) is 2. The van der Waals surface area contributed by atoms with Crippen molar-refractivity contribution in [3.8, 4) is 0 Å². The highest BCUT2D eigenvalue weighted by Gasteiger charge is 2.33. The van der Waals surface area contributed by atoms with Crippen LogP contribution in [0.1, 0.15) is 59.9 Å². The van der Waals surface area contributed by atoms with Crippen molar-refractivity contribution in [2.24, 2.45) is 0 Å². The number of nitrogens with one attached hydrogen (secondary N) is 1. The molecule has 0 fully saturated rings. The van der Waals surface area contributed by atoms with E-state index in [0.29, 0.717) is 37.1 Å². The number of halogens is 3. The molecule has 0 spiro atoms. The third-order valence-electron chi connectivity index (χ3n) is 5.29. The number of hydrogen-bond acceptors (Lipinski definition) is 3. The molecule has 0 amide bonds. The summed E-state index contributed by atoms with van der Waals surface area (Å²) in [6.07, 6.45) is 1.23. The molecule has 32 heavy (non-hydrogen) atoms. The second-order valence-electron chi connectivity index (χ2n) is 7.99. The monoisotopic (exact) mass is 470 g/mol. The predicted molar refractivity (Wildman–Crippen MR) is 121 cm³/mol. The van der Waals surface area contributed by atoms with Gasteiger partial charge in [0.1, 0.15) is 6.61 Å². The molecule has 0 aliphatic carbocycles. The molecule has 0 saturated heterocycles. The van der Waals surface area contributed by atoms with Crippen molar-refractivity contribution in [1.29, 1.82) is 0 Å². The smallest absolute Gasteiger partial charge is 0.313 e. The first kappa shape index (κ1) is 26.5. The van der Waals surface area contributed by atoms with E-state index >= 15 is 0 Å². The maximum Gasteiger partial charge on any atom is 0.694 e. The maximum absolute atomic E-state index is 13.6. The lowest BCUT2D eigenvalue weighted by Gasteiger charge is -2.15. The van der Waals surface area contributed by atoms with E-state index in [9.17, 15) is 17.7 Å². The van der Waals surface area contributed by atoms with Crippen LogP contribution in [0.3, 0.4) is 0 Å². The van der Waals surface area contributed by atoms with Crippen LogP contribution in [0.2, 0.25) is 0 Å². The Morgan fingerprint density at radius 2 is 1.59 bits per heavy atom. The van der Waals surface area contributed by atoms with Crippen molar-refractivity contribution in [2.45, 2.75) is 64.6 Å². The van der Waals surface area contributed by atoms with Gasteiger partial charge in [-0.25, -0.2) is 0 Å². The van der Waals surface area contributed by atoms with Crippen LogP contribution in [-0.4, -0.2) is 18.0 Å². The fourth-order valence-corrected chi connectivity index (χ4v) is 3.83. The van der Waals surface area contributed by atoms with Crippen molar-refractivity contribution < 1.29 is 27.2 Å². The van der Waals surface area contributed by atoms with Crippen LogP contribution in [0.4, 0.5) is 13.2 Å². The molecule has 2 aromatic rings. The summed E-state index contributed by atoms with van der Waals surface area (Å²) in [5.41, 5.74) is 2.89. The zero-order valence-corrected chi connectivity index (χ0v) is 19.4. The molecule has 0 aliphatic heterocycles. The van der Waals surface area contributed by atoms with Crippen molar-refractivity contribution in [3.05, 3.63) is 70.3 Å². The van der Waals surface area contributed by atoms with Crippen LogP contribution in [0, 0.1) is 6.92 Å². The van der Waals surface area contributed by atoms with Crippen LogP contribution >= 0.6 is 8.25 Å². The van der Waals surface area contributed by atoms with Gasteiger partial charge in [0.05, 0.1) is 5.56 Å². The summed E-state index contributed by atoms with van der Waals surface area (Å²) in [7, 11) is -2.61. The number of aryl methyl sites for hydroxylation is 3. The zero-order valence-electron chi connectivity index (χ0n) is 18.5. The van der Waals surface area contributed by atoms with Crippen molar-refractivity contribution >= 4 is 8.25 Å². The quantitative estimate of drug-likeness (QED) is 0.244. The zero-order chi connectivity index (χ0) is 23.4. The second kappa shape index (κ2) is 13.7. The summed E-state index contributed by atoms with van der Waals surface area (Å²) in [6.45, 7) is 2.96. The Hall–Kier alpha value is -1.79. The van der Waals surface area contributed by atoms with Crippen molar-refractivity contribution in [1.82, 2.24) is 5.32 Å². The first-order valence-corrected chi connectivity index (χ1v) is 12.1. The van der Waals surface area contributed by atoms with E-state index in [-0.39, 0.29) is 6.61 Å². The first-order chi connectivity index (χ1) is 15.3. The molecule has 4 nitrogen and oxygen atoms in total. The molecular weight excluding hydrogens is 438 g/mol. The van der Waals surface area contributed by atoms with Crippen molar-refractivity contribution in [2.75, 3.05) is 13.2 Å². The Balaban J connectivity index is 1.76. The van der Waals surface area contributed by atoms with Gasteiger partial charge in [0.2, 0.25) is 0 Å². The number of benzene rings is 2. The van der Waals surface area contributed by atoms with Gasteiger partial charge in [0.15, 0.2) is 0 Å². The molecule has 1 unspecified atom stereocenters. The first-order valence-electron chi connectivity index (χ1n) is 11.0. The molecule has 2 aromatic carbocycles. The predicted octanol–water partition coefficient (Wildman–Crippen LogP) is 6.51. The summed E-state index contributed by atoms with van der Waals surface area (Å²) in [5, 5.41) is 3.03. The van der Waals surface area contributed by atoms with E-state index in [0.717, 1.165) is 32.1 Å². The highest BCUT2D eigenvalue weighted by Crippen LogP contribution is 2.33. The van der Waals surface area contributed by atoms with Gasteiger partial charge in [-0.15, -0.1) is 9.42 Å². The summed E-state index contributed by atoms with van der Waals surface area (Å²) in [6, 6.07) is 13.0. The summed E-state index contributed by atoms with van der Waals surface area (Å²) in [5.74, 6) is 0. The minimum absolute atomic E-state index is 0.121. The highest BCUT2D eigenvalue weighted by atomic mass is 31.1. The average Bonchev–Trinajstić information content (AvgIpc) is 2.74. The van der Waals surface area contributed by atoms with Gasteiger partial charge in [-0.3, -0.25) is 0 Å². The van der Waals surface area contributed by atoms with Crippen LogP contribution < -0.4 is 5.32 Å². The van der Waals surface area contributed by atoms with Crippen molar-refractivity contribution in [3.63, 3.8) is 0 Å². The fraction of sp³-hybridized carbons (Fsp3) is 0.500. The Morgan fingerprint density at radius 3 is 2.25 bits per heavy atom. The Bertz CT molecular complexity index is 841. The molecule has 0 aromatic heterocycles. The Labute approximate surface area is 189 Å². The minimum atomic E-state index is -4.38. The van der Waals surface area contributed by atoms with E-state index in [1.807, 2.05) is 0 Å². The summed E-state index contributed by atoms with van der Waals surface area (Å²) < 4.78 is 55.6. The Kier molecular flexibility index (Phi) is 11.3. The topological polar surface area (TPSA) is 58.6 Å². The lowest BCUT2D eigenvalue weighted by atomic mass is 9.97. The van der Waals surface area contributed by atoms with Crippen LogP contribution in [-0.2, 0) is 34.7 Å². The van der Waals surface area contributed by atoms with Gasteiger partial charge < -0.3 is 5.32 Å². The highest BCUT2D eigenvalue weighted by molar-refractivity contribution is 7.32.